The molecule has 0 spiro atoms. The van der Waals surface area contributed by atoms with E-state index >= 15 is 0 Å². The Morgan fingerprint density at radius 3 is 2.42 bits per heavy atom. The Labute approximate surface area is 194 Å². The molecule has 1 saturated heterocycles. The molecule has 0 unspecified atom stereocenters. The maximum atomic E-state index is 13.0. The first-order chi connectivity index (χ1) is 16.1. The number of carbonyl (C=O) groups excluding carboxylic acids is 2. The molecule has 0 aliphatic carbocycles. The van der Waals surface area contributed by atoms with E-state index in [9.17, 15) is 9.59 Å². The predicted molar refractivity (Wildman–Crippen MR) is 125 cm³/mol. The normalized spacial score (nSPS) is 14.0. The van der Waals surface area contributed by atoms with Crippen molar-refractivity contribution < 1.29 is 14.3 Å². The number of piperidine rings is 1. The van der Waals surface area contributed by atoms with Crippen LogP contribution < -0.4 is 4.74 Å². The second-order valence-corrected chi connectivity index (χ2v) is 8.20. The number of ether oxygens (including phenoxy) is 1. The molecule has 170 valence electrons. The van der Waals surface area contributed by atoms with Gasteiger partial charge in [0.05, 0.1) is 12.1 Å². The molecule has 7 nitrogen and oxygen atoms in total. The third kappa shape index (κ3) is 5.94. The topological polar surface area (TPSA) is 75.6 Å². The zero-order chi connectivity index (χ0) is 23.0. The second kappa shape index (κ2) is 10.7. The minimum Gasteiger partial charge on any atom is -0.489 e. The lowest BCUT2D eigenvalue weighted by molar-refractivity contribution is -0.131. The van der Waals surface area contributed by atoms with Gasteiger partial charge in [0.2, 0.25) is 5.91 Å². The van der Waals surface area contributed by atoms with Gasteiger partial charge in [-0.1, -0.05) is 30.3 Å². The Morgan fingerprint density at radius 2 is 1.76 bits per heavy atom. The molecule has 2 aromatic carbocycles. The lowest BCUT2D eigenvalue weighted by Gasteiger charge is -2.36. The van der Waals surface area contributed by atoms with Crippen LogP contribution in [0.1, 0.15) is 34.5 Å². The van der Waals surface area contributed by atoms with Crippen molar-refractivity contribution in [3.05, 3.63) is 90.0 Å². The number of benzene rings is 2. The van der Waals surface area contributed by atoms with Gasteiger partial charge in [-0.3, -0.25) is 19.6 Å². The van der Waals surface area contributed by atoms with Crippen LogP contribution in [0.2, 0.25) is 0 Å². The number of nitrogens with zero attached hydrogens (tertiary/aromatic N) is 4. The third-order valence-electron chi connectivity index (χ3n) is 5.98. The van der Waals surface area contributed by atoms with Gasteiger partial charge in [-0.15, -0.1) is 0 Å². The van der Waals surface area contributed by atoms with Crippen LogP contribution in [0.3, 0.4) is 0 Å². The van der Waals surface area contributed by atoms with E-state index in [-0.39, 0.29) is 24.3 Å². The van der Waals surface area contributed by atoms with Crippen molar-refractivity contribution in [2.24, 2.45) is 0 Å². The van der Waals surface area contributed by atoms with Crippen LogP contribution in [0, 0.1) is 0 Å². The minimum atomic E-state index is -0.0195. The van der Waals surface area contributed by atoms with Crippen molar-refractivity contribution in [2.45, 2.75) is 31.9 Å². The zero-order valence-corrected chi connectivity index (χ0v) is 18.8. The van der Waals surface area contributed by atoms with Crippen molar-refractivity contribution in [3.63, 3.8) is 0 Å². The highest BCUT2D eigenvalue weighted by molar-refractivity contribution is 5.94. The molecular weight excluding hydrogens is 416 g/mol. The molecule has 1 aliphatic rings. The first kappa shape index (κ1) is 22.5. The van der Waals surface area contributed by atoms with Crippen molar-refractivity contribution in [1.82, 2.24) is 19.8 Å². The first-order valence-corrected chi connectivity index (χ1v) is 11.2. The summed E-state index contributed by atoms with van der Waals surface area (Å²) in [6.07, 6.45) is 6.58. The molecule has 2 amide bonds. The number of amides is 2. The Balaban J connectivity index is 1.26. The molecule has 1 fully saturated rings. The van der Waals surface area contributed by atoms with Crippen molar-refractivity contribution >= 4 is 11.8 Å². The van der Waals surface area contributed by atoms with E-state index in [0.717, 1.165) is 24.2 Å². The van der Waals surface area contributed by atoms with Crippen LogP contribution in [0.15, 0.2) is 73.2 Å². The van der Waals surface area contributed by atoms with Crippen LogP contribution in [0.5, 0.6) is 5.75 Å². The van der Waals surface area contributed by atoms with Gasteiger partial charge in [-0.2, -0.15) is 0 Å². The molecule has 7 heteroatoms. The van der Waals surface area contributed by atoms with E-state index in [2.05, 4.69) is 9.97 Å². The lowest BCUT2D eigenvalue weighted by atomic mass is 10.0. The standard InChI is InChI=1S/C26H28N4O3/c1-29(23-11-15-30(16-12-23)25(31)17-22-18-27-13-14-28-22)26(32)21-7-9-24(10-8-21)33-19-20-5-3-2-4-6-20/h2-10,13-14,18,23H,11-12,15-17,19H2,1H3. The maximum absolute atomic E-state index is 13.0. The van der Waals surface area contributed by atoms with E-state index in [4.69, 9.17) is 4.74 Å². The summed E-state index contributed by atoms with van der Waals surface area (Å²) >= 11 is 0. The zero-order valence-electron chi connectivity index (χ0n) is 18.8. The fourth-order valence-corrected chi connectivity index (χ4v) is 3.99. The van der Waals surface area contributed by atoms with E-state index < -0.39 is 0 Å². The summed E-state index contributed by atoms with van der Waals surface area (Å²) < 4.78 is 5.81. The highest BCUT2D eigenvalue weighted by Gasteiger charge is 2.28. The first-order valence-electron chi connectivity index (χ1n) is 11.2. The Morgan fingerprint density at radius 1 is 1.03 bits per heavy atom. The summed E-state index contributed by atoms with van der Waals surface area (Å²) in [5.41, 5.74) is 2.40. The molecule has 0 atom stereocenters. The molecule has 0 saturated carbocycles. The average Bonchev–Trinajstić information content (AvgIpc) is 2.88. The average molecular weight is 445 g/mol. The largest absolute Gasteiger partial charge is 0.489 e. The predicted octanol–water partition coefficient (Wildman–Crippen LogP) is 3.36. The molecule has 1 aromatic heterocycles. The fourth-order valence-electron chi connectivity index (χ4n) is 3.99. The summed E-state index contributed by atoms with van der Waals surface area (Å²) in [5.74, 6) is 0.760. The van der Waals surface area contributed by atoms with Gasteiger partial charge in [-0.25, -0.2) is 0 Å². The monoisotopic (exact) mass is 444 g/mol. The SMILES string of the molecule is CN(C(=O)c1ccc(OCc2ccccc2)cc1)C1CCN(C(=O)Cc2cnccn2)CC1. The van der Waals surface area contributed by atoms with Gasteiger partial charge in [0.15, 0.2) is 0 Å². The van der Waals surface area contributed by atoms with Crippen molar-refractivity contribution in [3.8, 4) is 5.75 Å². The molecule has 1 aliphatic heterocycles. The number of aromatic nitrogens is 2. The fraction of sp³-hybridized carbons (Fsp3) is 0.308. The van der Waals surface area contributed by atoms with Crippen molar-refractivity contribution in [2.75, 3.05) is 20.1 Å². The maximum Gasteiger partial charge on any atom is 0.253 e. The Hall–Kier alpha value is -3.74. The number of carbonyl (C=O) groups is 2. The van der Waals surface area contributed by atoms with Crippen LogP contribution in [-0.2, 0) is 17.8 Å². The van der Waals surface area contributed by atoms with Crippen molar-refractivity contribution in [1.29, 1.82) is 0 Å². The van der Waals surface area contributed by atoms with E-state index in [1.807, 2.05) is 54.4 Å². The van der Waals surface area contributed by atoms with E-state index in [0.29, 0.717) is 31.0 Å². The molecule has 3 aromatic rings. The molecule has 0 radical (unpaired) electrons. The number of hydrogen-bond acceptors (Lipinski definition) is 5. The van der Waals surface area contributed by atoms with Gasteiger partial charge in [0.1, 0.15) is 12.4 Å². The van der Waals surface area contributed by atoms with Gasteiger partial charge in [0.25, 0.3) is 5.91 Å². The smallest absolute Gasteiger partial charge is 0.253 e. The van der Waals surface area contributed by atoms with Crippen LogP contribution in [-0.4, -0.2) is 57.8 Å². The summed E-state index contributed by atoms with van der Waals surface area (Å²) in [6, 6.07) is 17.3. The number of rotatable bonds is 7. The highest BCUT2D eigenvalue weighted by atomic mass is 16.5. The van der Waals surface area contributed by atoms with Crippen LogP contribution in [0.4, 0.5) is 0 Å². The van der Waals surface area contributed by atoms with E-state index in [1.165, 1.54) is 0 Å². The second-order valence-electron chi connectivity index (χ2n) is 8.20. The van der Waals surface area contributed by atoms with Gasteiger partial charge >= 0.3 is 0 Å². The Kier molecular flexibility index (Phi) is 7.29. The molecule has 33 heavy (non-hydrogen) atoms. The summed E-state index contributed by atoms with van der Waals surface area (Å²) in [4.78, 5) is 37.4. The summed E-state index contributed by atoms with van der Waals surface area (Å²) in [5, 5.41) is 0. The van der Waals surface area contributed by atoms with E-state index in [1.54, 1.807) is 35.6 Å². The highest BCUT2D eigenvalue weighted by Crippen LogP contribution is 2.20. The van der Waals surface area contributed by atoms with Crippen LogP contribution in [0.25, 0.3) is 0 Å². The number of hydrogen-bond donors (Lipinski definition) is 0. The lowest BCUT2D eigenvalue weighted by Crippen LogP contribution is -2.47. The summed E-state index contributed by atoms with van der Waals surface area (Å²) in [6.45, 7) is 1.75. The molecule has 0 N–H and O–H groups in total. The number of likely N-dealkylation sites (tertiary alicyclic amines) is 1. The third-order valence-corrected chi connectivity index (χ3v) is 5.98. The molecule has 0 bridgehead atoms. The molecular formula is C26H28N4O3. The van der Waals surface area contributed by atoms with Gasteiger partial charge in [-0.05, 0) is 42.7 Å². The molecule has 4 rings (SSSR count). The quantitative estimate of drug-likeness (QED) is 0.559. The minimum absolute atomic E-state index is 0.0195. The van der Waals surface area contributed by atoms with Gasteiger partial charge in [0, 0.05) is 50.3 Å². The molecule has 2 heterocycles. The van der Waals surface area contributed by atoms with Gasteiger partial charge < -0.3 is 14.5 Å². The van der Waals surface area contributed by atoms with Crippen LogP contribution >= 0.6 is 0 Å². The Bertz CT molecular complexity index is 1050. The summed E-state index contributed by atoms with van der Waals surface area (Å²) in [7, 11) is 1.84.